The fourth-order valence-corrected chi connectivity index (χ4v) is 14.0. The van der Waals surface area contributed by atoms with Crippen LogP contribution in [0.1, 0.15) is 33.4 Å². The third-order valence-corrected chi connectivity index (χ3v) is 16.2. The van der Waals surface area contributed by atoms with Crippen molar-refractivity contribution in [2.75, 3.05) is 4.90 Å². The van der Waals surface area contributed by atoms with Crippen molar-refractivity contribution >= 4 is 69.7 Å². The number of hydrogen-bond acceptors (Lipinski definition) is 2. The standard InChI is InChI=1S/C58H34BN3Se/c1-35-26-54-57-56(27-35)63-55-23-13-11-21-50(55)59(57)51-32-45-43-18-7-10-20-47(43)58(49(45)33-53(51)62(54)52-22-12-8-16-41(52)37-14-4-3-5-15-37)46-19-9-6-17-42(46)44-25-24-38(31-48(44)58)39-28-36(34-60)29-40(30-39)61-2/h3-33H,1H3/t58-/m1/s1. The Labute approximate surface area is 373 Å². The Morgan fingerprint density at radius 2 is 1.21 bits per heavy atom. The van der Waals surface area contributed by atoms with E-state index < -0.39 is 5.41 Å². The summed E-state index contributed by atoms with van der Waals surface area (Å²) in [6, 6.07) is 71.5. The molecule has 0 saturated heterocycles. The molecule has 4 aliphatic rings. The summed E-state index contributed by atoms with van der Waals surface area (Å²) in [5.74, 6) is 0. The van der Waals surface area contributed by atoms with Crippen LogP contribution in [0.5, 0.6) is 0 Å². The average Bonchev–Trinajstić information content (AvgIpc) is 3.79. The smallest absolute Gasteiger partial charge is 0.0486 e. The molecule has 0 bridgehead atoms. The van der Waals surface area contributed by atoms with Gasteiger partial charge in [-0.25, -0.2) is 4.85 Å². The molecule has 13 rings (SSSR count). The van der Waals surface area contributed by atoms with Gasteiger partial charge in [0.15, 0.2) is 5.69 Å². The van der Waals surface area contributed by atoms with Gasteiger partial charge in [0.25, 0.3) is 0 Å². The van der Waals surface area contributed by atoms with Crippen LogP contribution in [-0.2, 0) is 5.41 Å². The predicted octanol–water partition coefficient (Wildman–Crippen LogP) is 10.4. The number of nitrogens with zero attached hydrogens (tertiary/aromatic N) is 3. The largest absolute Gasteiger partial charge is 0.0486 e. The van der Waals surface area contributed by atoms with Gasteiger partial charge >= 0.3 is 323 Å². The first-order valence-electron chi connectivity index (χ1n) is 21.4. The Kier molecular flexibility index (Phi) is 7.68. The molecule has 5 heteroatoms. The van der Waals surface area contributed by atoms with E-state index in [4.69, 9.17) is 6.57 Å². The molecule has 1 spiro atoms. The van der Waals surface area contributed by atoms with Crippen LogP contribution in [0.2, 0.25) is 0 Å². The van der Waals surface area contributed by atoms with Gasteiger partial charge < -0.3 is 0 Å². The molecular weight excluding hydrogens is 828 g/mol. The zero-order valence-electron chi connectivity index (χ0n) is 34.2. The summed E-state index contributed by atoms with van der Waals surface area (Å²) < 4.78 is 2.91. The third-order valence-electron chi connectivity index (χ3n) is 13.8. The molecular formula is C58H34BN3Se. The molecule has 63 heavy (non-hydrogen) atoms. The molecule has 0 radical (unpaired) electrons. The molecule has 0 saturated carbocycles. The monoisotopic (exact) mass is 863 g/mol. The van der Waals surface area contributed by atoms with E-state index in [1.807, 2.05) is 12.1 Å². The van der Waals surface area contributed by atoms with Crippen LogP contribution in [-0.4, -0.2) is 21.7 Å². The average molecular weight is 863 g/mol. The summed E-state index contributed by atoms with van der Waals surface area (Å²) in [5.41, 5.74) is 23.6. The van der Waals surface area contributed by atoms with E-state index in [2.05, 4.69) is 193 Å². The number of hydrogen-bond donors (Lipinski definition) is 0. The molecule has 0 fully saturated rings. The SMILES string of the molecule is [C-]#[N+]c1cc(C#N)cc(-c2ccc3c(c2)[C@@]2(c4ccccc4-3)c3ccccc3-c3cc4c(cc32)N(c2ccccc2-c2ccccc2)c2cc(C)cc3c2B4c2ccccc2[Se]3)c1. The van der Waals surface area contributed by atoms with Crippen molar-refractivity contribution in [1.82, 2.24) is 0 Å². The summed E-state index contributed by atoms with van der Waals surface area (Å²) >= 11 is 0.163. The molecule has 2 heterocycles. The second-order valence-corrected chi connectivity index (χ2v) is 19.3. The van der Waals surface area contributed by atoms with Crippen molar-refractivity contribution in [3.63, 3.8) is 0 Å². The van der Waals surface area contributed by atoms with E-state index in [9.17, 15) is 5.26 Å². The number of nitriles is 1. The number of benzene rings is 9. The number of aryl methyl sites for hydroxylation is 1. The van der Waals surface area contributed by atoms with E-state index in [1.54, 1.807) is 6.07 Å². The molecule has 9 aromatic rings. The maximum absolute atomic E-state index is 10.0. The Hall–Kier alpha value is -7.66. The minimum absolute atomic E-state index is 0.0744. The Morgan fingerprint density at radius 1 is 0.524 bits per heavy atom. The summed E-state index contributed by atoms with van der Waals surface area (Å²) in [7, 11) is 0. The molecule has 0 unspecified atom stereocenters. The number of para-hydroxylation sites is 1. The van der Waals surface area contributed by atoms with Gasteiger partial charge in [0.2, 0.25) is 0 Å². The third kappa shape index (κ3) is 4.96. The summed E-state index contributed by atoms with van der Waals surface area (Å²) in [6.07, 6.45) is 0. The molecule has 3 nitrogen and oxygen atoms in total. The zero-order chi connectivity index (χ0) is 42.0. The van der Waals surface area contributed by atoms with Gasteiger partial charge in [0.05, 0.1) is 12.6 Å². The van der Waals surface area contributed by atoms with Gasteiger partial charge in [-0.1, -0.05) is 0 Å². The second-order valence-electron chi connectivity index (χ2n) is 17.0. The predicted molar refractivity (Wildman–Crippen MR) is 260 cm³/mol. The van der Waals surface area contributed by atoms with Gasteiger partial charge in [-0.05, 0) is 18.2 Å². The minimum Gasteiger partial charge on any atom is -0.0486 e. The molecule has 0 aromatic heterocycles. The maximum Gasteiger partial charge on any atom is -0.0486 e. The fraction of sp³-hybridized carbons (Fsp3) is 0.0345. The van der Waals surface area contributed by atoms with Gasteiger partial charge in [0, 0.05) is 5.56 Å². The van der Waals surface area contributed by atoms with Crippen LogP contribution in [0.15, 0.2) is 188 Å². The first-order chi connectivity index (χ1) is 31.0. The van der Waals surface area contributed by atoms with Crippen LogP contribution in [0.25, 0.3) is 49.4 Å². The van der Waals surface area contributed by atoms with E-state index in [1.165, 1.54) is 97.9 Å². The molecule has 0 amide bonds. The van der Waals surface area contributed by atoms with Crippen molar-refractivity contribution in [2.24, 2.45) is 0 Å². The number of fused-ring (bicyclic) bond motifs is 14. The summed E-state index contributed by atoms with van der Waals surface area (Å²) in [4.78, 5) is 6.35. The van der Waals surface area contributed by atoms with Gasteiger partial charge in [-0.15, -0.1) is 0 Å². The van der Waals surface area contributed by atoms with Crippen LogP contribution >= 0.6 is 0 Å². The van der Waals surface area contributed by atoms with E-state index in [0.717, 1.165) is 16.8 Å². The molecule has 1 atom stereocenters. The zero-order valence-corrected chi connectivity index (χ0v) is 35.9. The Morgan fingerprint density at radius 3 is 2.00 bits per heavy atom. The molecule has 9 aromatic carbocycles. The van der Waals surface area contributed by atoms with E-state index >= 15 is 0 Å². The first-order valence-corrected chi connectivity index (χ1v) is 23.1. The van der Waals surface area contributed by atoms with E-state index in [0.29, 0.717) is 11.3 Å². The van der Waals surface area contributed by atoms with Crippen molar-refractivity contribution in [2.45, 2.75) is 12.3 Å². The quantitative estimate of drug-likeness (QED) is 0.131. The minimum atomic E-state index is -0.630. The second kappa shape index (κ2) is 13.4. The van der Waals surface area contributed by atoms with Gasteiger partial charge in [-0.3, -0.25) is 0 Å². The molecule has 290 valence electrons. The van der Waals surface area contributed by atoms with Crippen molar-refractivity contribution in [3.8, 4) is 50.6 Å². The van der Waals surface area contributed by atoms with Crippen LogP contribution in [0.4, 0.5) is 22.7 Å². The molecule has 2 aliphatic heterocycles. The van der Waals surface area contributed by atoms with Crippen molar-refractivity contribution < 1.29 is 0 Å². The van der Waals surface area contributed by atoms with E-state index in [-0.39, 0.29) is 21.7 Å². The molecule has 2 aliphatic carbocycles. The van der Waals surface area contributed by atoms with Gasteiger partial charge in [0.1, 0.15) is 0 Å². The summed E-state index contributed by atoms with van der Waals surface area (Å²) in [5, 5.41) is 10.0. The normalized spacial score (nSPS) is 15.3. The fourth-order valence-electron chi connectivity index (χ4n) is 11.3. The van der Waals surface area contributed by atoms with Crippen molar-refractivity contribution in [1.29, 1.82) is 5.26 Å². The molecule has 0 N–H and O–H groups in total. The first kappa shape index (κ1) is 36.0. The number of rotatable bonds is 3. The van der Waals surface area contributed by atoms with Gasteiger partial charge in [-0.2, -0.15) is 5.26 Å². The Balaban J connectivity index is 1.15. The maximum atomic E-state index is 10.0. The number of anilines is 3. The van der Waals surface area contributed by atoms with Crippen LogP contribution in [0, 0.1) is 24.8 Å². The van der Waals surface area contributed by atoms with Crippen molar-refractivity contribution in [3.05, 3.63) is 233 Å². The van der Waals surface area contributed by atoms with Crippen LogP contribution < -0.4 is 30.2 Å². The Bertz CT molecular complexity index is 3530. The van der Waals surface area contributed by atoms with Crippen LogP contribution in [0.3, 0.4) is 0 Å². The summed E-state index contributed by atoms with van der Waals surface area (Å²) in [6.45, 7) is 10.2. The topological polar surface area (TPSA) is 31.4 Å².